The third-order valence-corrected chi connectivity index (χ3v) is 4.09. The van der Waals surface area contributed by atoms with Crippen LogP contribution in [-0.4, -0.2) is 15.5 Å². The number of nitrogens with one attached hydrogen (secondary N) is 1. The van der Waals surface area contributed by atoms with Crippen LogP contribution in [0.2, 0.25) is 5.02 Å². The number of benzene rings is 2. The van der Waals surface area contributed by atoms with E-state index in [1.54, 1.807) is 30.5 Å². The average Bonchev–Trinajstić information content (AvgIpc) is 2.98. The first-order valence-electron chi connectivity index (χ1n) is 7.65. The number of amides is 1. The second-order valence-corrected chi connectivity index (χ2v) is 6.16. The minimum atomic E-state index is -0.337. The lowest BCUT2D eigenvalue weighted by atomic mass is 10.0. The second-order valence-electron chi connectivity index (χ2n) is 5.73. The van der Waals surface area contributed by atoms with Crippen molar-refractivity contribution in [2.24, 2.45) is 7.05 Å². The Labute approximate surface area is 146 Å². The van der Waals surface area contributed by atoms with Crippen molar-refractivity contribution in [3.8, 4) is 0 Å². The fraction of sp³-hybridized carbons (Fsp3) is 0.158. The lowest BCUT2D eigenvalue weighted by Gasteiger charge is -2.19. The maximum absolute atomic E-state index is 12.7. The fourth-order valence-electron chi connectivity index (χ4n) is 2.65. The van der Waals surface area contributed by atoms with Gasteiger partial charge in [-0.25, -0.2) is 4.98 Å². The largest absolute Gasteiger partial charge is 0.338 e. The van der Waals surface area contributed by atoms with Gasteiger partial charge in [0.15, 0.2) is 0 Å². The maximum Gasteiger partial charge on any atom is 0.252 e. The van der Waals surface area contributed by atoms with E-state index in [1.807, 2.05) is 42.9 Å². The summed E-state index contributed by atoms with van der Waals surface area (Å²) in [4.78, 5) is 17.1. The third-order valence-electron chi connectivity index (χ3n) is 3.85. The van der Waals surface area contributed by atoms with Crippen LogP contribution in [0.15, 0.2) is 60.9 Å². The zero-order chi connectivity index (χ0) is 17.1. The van der Waals surface area contributed by atoms with E-state index in [0.717, 1.165) is 17.0 Å². The number of hydrogen-bond donors (Lipinski definition) is 1. The molecule has 1 aromatic heterocycles. The van der Waals surface area contributed by atoms with Crippen molar-refractivity contribution in [1.29, 1.82) is 0 Å². The van der Waals surface area contributed by atoms with Gasteiger partial charge in [-0.3, -0.25) is 4.79 Å². The second kappa shape index (κ2) is 6.89. The molecule has 5 heteroatoms. The van der Waals surface area contributed by atoms with Gasteiger partial charge in [0.25, 0.3) is 5.91 Å². The van der Waals surface area contributed by atoms with Crippen molar-refractivity contribution < 1.29 is 4.79 Å². The molecule has 1 atom stereocenters. The van der Waals surface area contributed by atoms with Crippen molar-refractivity contribution in [2.45, 2.75) is 13.0 Å². The van der Waals surface area contributed by atoms with Gasteiger partial charge in [0, 0.05) is 30.0 Å². The molecule has 0 aliphatic heterocycles. The number of carbonyl (C=O) groups excluding carboxylic acids is 1. The minimum Gasteiger partial charge on any atom is -0.338 e. The Hall–Kier alpha value is -2.59. The fourth-order valence-corrected chi connectivity index (χ4v) is 2.84. The van der Waals surface area contributed by atoms with E-state index in [0.29, 0.717) is 10.6 Å². The highest BCUT2D eigenvalue weighted by Gasteiger charge is 2.21. The van der Waals surface area contributed by atoms with E-state index >= 15 is 0 Å². The molecule has 0 radical (unpaired) electrons. The highest BCUT2D eigenvalue weighted by atomic mass is 35.5. The predicted octanol–water partition coefficient (Wildman–Crippen LogP) is 3.90. The van der Waals surface area contributed by atoms with Crippen molar-refractivity contribution in [3.63, 3.8) is 0 Å². The van der Waals surface area contributed by atoms with Crippen molar-refractivity contribution in [3.05, 3.63) is 88.5 Å². The Bertz CT molecular complexity index is 872. The molecule has 0 bridgehead atoms. The van der Waals surface area contributed by atoms with Crippen LogP contribution in [0.3, 0.4) is 0 Å². The molecule has 1 amide bonds. The first-order chi connectivity index (χ1) is 11.5. The molecule has 4 nitrogen and oxygen atoms in total. The summed E-state index contributed by atoms with van der Waals surface area (Å²) in [6, 6.07) is 14.6. The number of aromatic nitrogens is 2. The SMILES string of the molecule is Cc1cccc(C(NC(=O)c2cccc(Cl)c2)c2nccn2C)c1. The first kappa shape index (κ1) is 16.3. The van der Waals surface area contributed by atoms with Crippen LogP contribution in [0.5, 0.6) is 0 Å². The minimum absolute atomic E-state index is 0.188. The molecule has 0 aliphatic rings. The summed E-state index contributed by atoms with van der Waals surface area (Å²) in [7, 11) is 1.91. The van der Waals surface area contributed by atoms with Crippen LogP contribution in [0.1, 0.15) is 33.4 Å². The number of carbonyl (C=O) groups is 1. The van der Waals surface area contributed by atoms with E-state index < -0.39 is 0 Å². The summed E-state index contributed by atoms with van der Waals surface area (Å²) in [5.41, 5.74) is 2.64. The monoisotopic (exact) mass is 339 g/mol. The summed E-state index contributed by atoms with van der Waals surface area (Å²) in [5, 5.41) is 3.60. The van der Waals surface area contributed by atoms with Crippen LogP contribution < -0.4 is 5.32 Å². The van der Waals surface area contributed by atoms with Gasteiger partial charge in [0.05, 0.1) is 0 Å². The van der Waals surface area contributed by atoms with Gasteiger partial charge < -0.3 is 9.88 Å². The van der Waals surface area contributed by atoms with Crippen molar-refractivity contribution >= 4 is 17.5 Å². The lowest BCUT2D eigenvalue weighted by molar-refractivity contribution is 0.0941. The molecular weight excluding hydrogens is 322 g/mol. The Kier molecular flexibility index (Phi) is 4.67. The van der Waals surface area contributed by atoms with Gasteiger partial charge in [-0.15, -0.1) is 0 Å². The Balaban J connectivity index is 1.96. The highest BCUT2D eigenvalue weighted by Crippen LogP contribution is 2.22. The molecule has 3 rings (SSSR count). The molecule has 1 heterocycles. The number of hydrogen-bond acceptors (Lipinski definition) is 2. The van der Waals surface area contributed by atoms with Gasteiger partial charge in [0.1, 0.15) is 11.9 Å². The normalized spacial score (nSPS) is 12.0. The van der Waals surface area contributed by atoms with Crippen LogP contribution in [0, 0.1) is 6.92 Å². The molecule has 0 spiro atoms. The Morgan fingerprint density at radius 3 is 2.67 bits per heavy atom. The van der Waals surface area contributed by atoms with E-state index in [4.69, 9.17) is 11.6 Å². The average molecular weight is 340 g/mol. The Morgan fingerprint density at radius 2 is 2.00 bits per heavy atom. The van der Waals surface area contributed by atoms with E-state index in [1.165, 1.54) is 0 Å². The van der Waals surface area contributed by atoms with Gasteiger partial charge in [-0.05, 0) is 30.7 Å². The molecule has 0 saturated carbocycles. The van der Waals surface area contributed by atoms with E-state index in [9.17, 15) is 4.79 Å². The van der Waals surface area contributed by atoms with Gasteiger partial charge >= 0.3 is 0 Å². The predicted molar refractivity (Wildman–Crippen MR) is 95.1 cm³/mol. The molecule has 0 saturated heterocycles. The molecule has 0 aliphatic carbocycles. The molecule has 1 N–H and O–H groups in total. The van der Waals surface area contributed by atoms with Crippen LogP contribution in [-0.2, 0) is 7.05 Å². The molecule has 1 unspecified atom stereocenters. The van der Waals surface area contributed by atoms with Crippen LogP contribution in [0.4, 0.5) is 0 Å². The van der Waals surface area contributed by atoms with Crippen molar-refractivity contribution in [2.75, 3.05) is 0 Å². The number of halogens is 1. The summed E-state index contributed by atoms with van der Waals surface area (Å²) in [6.07, 6.45) is 3.59. The standard InChI is InChI=1S/C19H18ClN3O/c1-13-5-3-6-14(11-13)17(18-21-9-10-23(18)2)22-19(24)15-7-4-8-16(20)12-15/h3-12,17H,1-2H3,(H,22,24). The quantitative estimate of drug-likeness (QED) is 0.783. The van der Waals surface area contributed by atoms with E-state index in [2.05, 4.69) is 16.4 Å². The number of nitrogens with zero attached hydrogens (tertiary/aromatic N) is 2. The zero-order valence-electron chi connectivity index (χ0n) is 13.5. The Morgan fingerprint density at radius 1 is 1.21 bits per heavy atom. The number of imidazole rings is 1. The maximum atomic E-state index is 12.7. The van der Waals surface area contributed by atoms with Gasteiger partial charge in [-0.2, -0.15) is 0 Å². The third kappa shape index (κ3) is 3.49. The summed E-state index contributed by atoms with van der Waals surface area (Å²) in [6.45, 7) is 2.03. The topological polar surface area (TPSA) is 46.9 Å². The first-order valence-corrected chi connectivity index (χ1v) is 8.02. The van der Waals surface area contributed by atoms with Gasteiger partial charge in [0.2, 0.25) is 0 Å². The number of aryl methyl sites for hydroxylation is 2. The molecule has 3 aromatic rings. The van der Waals surface area contributed by atoms with Crippen molar-refractivity contribution in [1.82, 2.24) is 14.9 Å². The summed E-state index contributed by atoms with van der Waals surface area (Å²) >= 11 is 5.99. The molecule has 2 aromatic carbocycles. The summed E-state index contributed by atoms with van der Waals surface area (Å²) < 4.78 is 1.91. The van der Waals surface area contributed by atoms with Crippen LogP contribution >= 0.6 is 11.6 Å². The number of rotatable bonds is 4. The molecule has 0 fully saturated rings. The highest BCUT2D eigenvalue weighted by molar-refractivity contribution is 6.30. The molecular formula is C19H18ClN3O. The smallest absolute Gasteiger partial charge is 0.252 e. The zero-order valence-corrected chi connectivity index (χ0v) is 14.3. The lowest BCUT2D eigenvalue weighted by Crippen LogP contribution is -2.31. The van der Waals surface area contributed by atoms with E-state index in [-0.39, 0.29) is 11.9 Å². The van der Waals surface area contributed by atoms with Gasteiger partial charge in [-0.1, -0.05) is 47.5 Å². The molecule has 122 valence electrons. The summed E-state index contributed by atoms with van der Waals surface area (Å²) in [5.74, 6) is 0.586. The molecule has 24 heavy (non-hydrogen) atoms. The van der Waals surface area contributed by atoms with Crippen LogP contribution in [0.25, 0.3) is 0 Å².